The first-order valence-corrected chi connectivity index (χ1v) is 5.03. The van der Waals surface area contributed by atoms with Crippen LogP contribution in [0.1, 0.15) is 27.2 Å². The fourth-order valence-corrected chi connectivity index (χ4v) is 1.45. The molecule has 1 unspecified atom stereocenters. The van der Waals surface area contributed by atoms with E-state index < -0.39 is 0 Å². The van der Waals surface area contributed by atoms with Gasteiger partial charge in [0.05, 0.1) is 0 Å². The molecule has 0 aliphatic carbocycles. The van der Waals surface area contributed by atoms with Gasteiger partial charge in [0, 0.05) is 25.0 Å². The molecule has 1 heterocycles. The Kier molecular flexibility index (Phi) is 3.68. The van der Waals surface area contributed by atoms with Crippen LogP contribution >= 0.6 is 0 Å². The molecular formula is C10H18N4. The third-order valence-corrected chi connectivity index (χ3v) is 2.44. The molecule has 0 aromatic carbocycles. The van der Waals surface area contributed by atoms with Gasteiger partial charge in [0.2, 0.25) is 0 Å². The minimum Gasteiger partial charge on any atom is -0.381 e. The highest BCUT2D eigenvalue weighted by atomic mass is 15.2. The summed E-state index contributed by atoms with van der Waals surface area (Å²) in [6, 6.07) is 0.444. The van der Waals surface area contributed by atoms with Crippen molar-refractivity contribution < 1.29 is 0 Å². The second kappa shape index (κ2) is 4.79. The molecule has 0 saturated heterocycles. The molecule has 1 aromatic rings. The monoisotopic (exact) mass is 194 g/mol. The van der Waals surface area contributed by atoms with E-state index in [4.69, 9.17) is 5.73 Å². The van der Waals surface area contributed by atoms with Gasteiger partial charge in [0.1, 0.15) is 0 Å². The van der Waals surface area contributed by atoms with Crippen LogP contribution < -0.4 is 10.6 Å². The van der Waals surface area contributed by atoms with Crippen molar-refractivity contribution in [3.63, 3.8) is 0 Å². The van der Waals surface area contributed by atoms with Gasteiger partial charge in [-0.25, -0.2) is 9.97 Å². The molecule has 2 N–H and O–H groups in total. The van der Waals surface area contributed by atoms with Gasteiger partial charge in [-0.3, -0.25) is 0 Å². The standard InChI is InChI=1S/C10H18N4/c1-4-8(3)14(5-2)10-9(11)12-6-7-13-10/h6-8H,4-5H2,1-3H3,(H2,11,12). The molecule has 0 bridgehead atoms. The van der Waals surface area contributed by atoms with Crippen molar-refractivity contribution in [3.05, 3.63) is 12.4 Å². The van der Waals surface area contributed by atoms with Gasteiger partial charge in [-0.1, -0.05) is 6.92 Å². The maximum Gasteiger partial charge on any atom is 0.171 e. The number of nitrogen functional groups attached to an aromatic ring is 1. The van der Waals surface area contributed by atoms with Gasteiger partial charge in [0.15, 0.2) is 11.6 Å². The smallest absolute Gasteiger partial charge is 0.171 e. The first-order chi connectivity index (χ1) is 6.70. The summed E-state index contributed by atoms with van der Waals surface area (Å²) in [5, 5.41) is 0. The van der Waals surface area contributed by atoms with Crippen molar-refractivity contribution >= 4 is 11.6 Å². The lowest BCUT2D eigenvalue weighted by Gasteiger charge is -2.28. The van der Waals surface area contributed by atoms with Crippen LogP contribution in [-0.4, -0.2) is 22.6 Å². The Balaban J connectivity index is 2.94. The number of rotatable bonds is 4. The van der Waals surface area contributed by atoms with Crippen LogP contribution in [0.4, 0.5) is 11.6 Å². The summed E-state index contributed by atoms with van der Waals surface area (Å²) in [6.07, 6.45) is 4.36. The molecule has 14 heavy (non-hydrogen) atoms. The third-order valence-electron chi connectivity index (χ3n) is 2.44. The summed E-state index contributed by atoms with van der Waals surface area (Å²) >= 11 is 0. The SMILES string of the molecule is CCC(C)N(CC)c1nccnc1N. The van der Waals surface area contributed by atoms with E-state index in [-0.39, 0.29) is 0 Å². The lowest BCUT2D eigenvalue weighted by Crippen LogP contribution is -2.33. The van der Waals surface area contributed by atoms with Crippen molar-refractivity contribution in [3.8, 4) is 0 Å². The number of nitrogens with two attached hydrogens (primary N) is 1. The van der Waals surface area contributed by atoms with Gasteiger partial charge in [-0.15, -0.1) is 0 Å². The Morgan fingerprint density at radius 2 is 2.00 bits per heavy atom. The van der Waals surface area contributed by atoms with Crippen molar-refractivity contribution in [2.24, 2.45) is 0 Å². The molecule has 4 heteroatoms. The van der Waals surface area contributed by atoms with E-state index in [1.165, 1.54) is 0 Å². The summed E-state index contributed by atoms with van der Waals surface area (Å²) < 4.78 is 0. The summed E-state index contributed by atoms with van der Waals surface area (Å²) in [6.45, 7) is 7.32. The number of aromatic nitrogens is 2. The van der Waals surface area contributed by atoms with Gasteiger partial charge in [0.25, 0.3) is 0 Å². The van der Waals surface area contributed by atoms with E-state index in [1.54, 1.807) is 12.4 Å². The Labute approximate surface area is 85.2 Å². The van der Waals surface area contributed by atoms with Crippen molar-refractivity contribution in [1.29, 1.82) is 0 Å². The van der Waals surface area contributed by atoms with Gasteiger partial charge in [-0.2, -0.15) is 0 Å². The summed E-state index contributed by atoms with van der Waals surface area (Å²) in [7, 11) is 0. The summed E-state index contributed by atoms with van der Waals surface area (Å²) in [5.74, 6) is 1.30. The van der Waals surface area contributed by atoms with Gasteiger partial charge < -0.3 is 10.6 Å². The highest BCUT2D eigenvalue weighted by molar-refractivity contribution is 5.57. The van der Waals surface area contributed by atoms with Gasteiger partial charge >= 0.3 is 0 Å². The van der Waals surface area contributed by atoms with E-state index in [9.17, 15) is 0 Å². The van der Waals surface area contributed by atoms with Crippen LogP contribution in [0, 0.1) is 0 Å². The van der Waals surface area contributed by atoms with Crippen LogP contribution in [0.3, 0.4) is 0 Å². The second-order valence-corrected chi connectivity index (χ2v) is 3.31. The van der Waals surface area contributed by atoms with Crippen molar-refractivity contribution in [1.82, 2.24) is 9.97 Å². The molecule has 0 saturated carbocycles. The predicted molar refractivity (Wildman–Crippen MR) is 59.2 cm³/mol. The van der Waals surface area contributed by atoms with Crippen LogP contribution in [0.15, 0.2) is 12.4 Å². The lowest BCUT2D eigenvalue weighted by atomic mass is 10.2. The maximum atomic E-state index is 5.77. The molecule has 4 nitrogen and oxygen atoms in total. The maximum absolute atomic E-state index is 5.77. The molecule has 0 aliphatic rings. The minimum atomic E-state index is 0.444. The number of hydrogen-bond donors (Lipinski definition) is 1. The average molecular weight is 194 g/mol. The normalized spacial score (nSPS) is 12.5. The zero-order valence-electron chi connectivity index (χ0n) is 9.07. The summed E-state index contributed by atoms with van der Waals surface area (Å²) in [5.41, 5.74) is 5.77. The fourth-order valence-electron chi connectivity index (χ4n) is 1.45. The molecule has 0 radical (unpaired) electrons. The number of hydrogen-bond acceptors (Lipinski definition) is 4. The van der Waals surface area contributed by atoms with Crippen LogP contribution in [0.2, 0.25) is 0 Å². The van der Waals surface area contributed by atoms with E-state index in [1.807, 2.05) is 0 Å². The van der Waals surface area contributed by atoms with E-state index in [0.717, 1.165) is 18.8 Å². The molecule has 78 valence electrons. The quantitative estimate of drug-likeness (QED) is 0.792. The summed E-state index contributed by atoms with van der Waals surface area (Å²) in [4.78, 5) is 10.5. The molecule has 0 amide bonds. The molecule has 0 aliphatic heterocycles. The zero-order chi connectivity index (χ0) is 10.6. The topological polar surface area (TPSA) is 55.0 Å². The third kappa shape index (κ3) is 2.13. The molecule has 0 spiro atoms. The van der Waals surface area contributed by atoms with E-state index >= 15 is 0 Å². The highest BCUT2D eigenvalue weighted by Crippen LogP contribution is 2.19. The molecule has 0 fully saturated rings. The Morgan fingerprint density at radius 3 is 2.50 bits per heavy atom. The van der Waals surface area contributed by atoms with Crippen LogP contribution in [-0.2, 0) is 0 Å². The Bertz CT molecular complexity index is 287. The molecule has 1 atom stereocenters. The van der Waals surface area contributed by atoms with Crippen molar-refractivity contribution in [2.75, 3.05) is 17.2 Å². The van der Waals surface area contributed by atoms with E-state index in [0.29, 0.717) is 11.9 Å². The fraction of sp³-hybridized carbons (Fsp3) is 0.600. The Hall–Kier alpha value is -1.32. The van der Waals surface area contributed by atoms with Crippen molar-refractivity contribution in [2.45, 2.75) is 33.2 Å². The first-order valence-electron chi connectivity index (χ1n) is 5.03. The molecule has 1 aromatic heterocycles. The van der Waals surface area contributed by atoms with Gasteiger partial charge in [-0.05, 0) is 20.3 Å². The highest BCUT2D eigenvalue weighted by Gasteiger charge is 2.14. The average Bonchev–Trinajstić information content (AvgIpc) is 2.21. The molecular weight excluding hydrogens is 176 g/mol. The molecule has 1 rings (SSSR count). The predicted octanol–water partition coefficient (Wildman–Crippen LogP) is 1.68. The van der Waals surface area contributed by atoms with Crippen LogP contribution in [0.5, 0.6) is 0 Å². The van der Waals surface area contributed by atoms with Crippen LogP contribution in [0.25, 0.3) is 0 Å². The second-order valence-electron chi connectivity index (χ2n) is 3.31. The Morgan fingerprint density at radius 1 is 1.36 bits per heavy atom. The zero-order valence-corrected chi connectivity index (χ0v) is 9.07. The number of anilines is 2. The lowest BCUT2D eigenvalue weighted by molar-refractivity contribution is 0.623. The van der Waals surface area contributed by atoms with E-state index in [2.05, 4.69) is 35.6 Å². The minimum absolute atomic E-state index is 0.444. The first kappa shape index (κ1) is 10.8. The number of nitrogens with zero attached hydrogens (tertiary/aromatic N) is 3. The largest absolute Gasteiger partial charge is 0.381 e.